The molecule has 0 spiro atoms. The molecule has 1 aliphatic carbocycles. The first-order chi connectivity index (χ1) is 8.81. The van der Waals surface area contributed by atoms with E-state index in [9.17, 15) is 5.11 Å². The maximum atomic E-state index is 10.0. The van der Waals surface area contributed by atoms with Crippen molar-refractivity contribution >= 4 is 0 Å². The molecule has 2 heteroatoms. The van der Waals surface area contributed by atoms with Crippen molar-refractivity contribution in [3.63, 3.8) is 0 Å². The van der Waals surface area contributed by atoms with Crippen LogP contribution in [0.3, 0.4) is 0 Å². The van der Waals surface area contributed by atoms with Gasteiger partial charge in [-0.1, -0.05) is 19.1 Å². The van der Waals surface area contributed by atoms with E-state index in [-0.39, 0.29) is 0 Å². The number of likely N-dealkylation sites (tertiary alicyclic amines) is 1. The minimum absolute atomic E-state index is 0.504. The van der Waals surface area contributed by atoms with Gasteiger partial charge >= 0.3 is 0 Å². The van der Waals surface area contributed by atoms with Crippen LogP contribution in [0.1, 0.15) is 56.2 Å². The molecule has 98 valence electrons. The van der Waals surface area contributed by atoms with Crippen LogP contribution in [0, 0.1) is 0 Å². The maximum absolute atomic E-state index is 10.0. The van der Waals surface area contributed by atoms with Crippen LogP contribution in [-0.2, 0) is 6.42 Å². The number of phenols is 1. The number of aromatic hydroxyl groups is 1. The average Bonchev–Trinajstić information content (AvgIpc) is 2.87. The van der Waals surface area contributed by atoms with Gasteiger partial charge in [-0.15, -0.1) is 0 Å². The predicted molar refractivity (Wildman–Crippen MR) is 73.8 cm³/mol. The Bertz CT molecular complexity index is 429. The van der Waals surface area contributed by atoms with Crippen LogP contribution in [0.25, 0.3) is 0 Å². The second-order valence-electron chi connectivity index (χ2n) is 5.70. The smallest absolute Gasteiger partial charge is 0.119 e. The molecule has 1 aromatic rings. The normalized spacial score (nSPS) is 28.3. The van der Waals surface area contributed by atoms with Crippen molar-refractivity contribution in [1.29, 1.82) is 0 Å². The number of phenolic OH excluding ortho intramolecular Hbond substituents is 1. The summed E-state index contributed by atoms with van der Waals surface area (Å²) in [5.74, 6) is 0.504. The van der Waals surface area contributed by atoms with E-state index in [0.29, 0.717) is 11.8 Å². The van der Waals surface area contributed by atoms with Gasteiger partial charge in [-0.05, 0) is 62.3 Å². The van der Waals surface area contributed by atoms with Gasteiger partial charge in [0.15, 0.2) is 0 Å². The van der Waals surface area contributed by atoms with E-state index in [1.54, 1.807) is 0 Å². The Morgan fingerprint density at radius 2 is 2.17 bits per heavy atom. The van der Waals surface area contributed by atoms with Crippen molar-refractivity contribution in [3.05, 3.63) is 29.3 Å². The van der Waals surface area contributed by atoms with E-state index in [4.69, 9.17) is 0 Å². The van der Waals surface area contributed by atoms with E-state index < -0.39 is 0 Å². The van der Waals surface area contributed by atoms with E-state index in [2.05, 4.69) is 17.9 Å². The Hall–Kier alpha value is -1.02. The molecule has 2 atom stereocenters. The first kappa shape index (κ1) is 12.0. The molecule has 0 radical (unpaired) electrons. The third-order valence-electron chi connectivity index (χ3n) is 4.75. The van der Waals surface area contributed by atoms with Gasteiger partial charge in [0.2, 0.25) is 0 Å². The molecule has 18 heavy (non-hydrogen) atoms. The molecule has 0 bridgehead atoms. The Morgan fingerprint density at radius 3 is 3.00 bits per heavy atom. The van der Waals surface area contributed by atoms with Crippen LogP contribution >= 0.6 is 0 Å². The maximum Gasteiger partial charge on any atom is 0.119 e. The number of benzene rings is 1. The van der Waals surface area contributed by atoms with Crippen molar-refractivity contribution in [1.82, 2.24) is 4.90 Å². The van der Waals surface area contributed by atoms with E-state index in [1.165, 1.54) is 49.8 Å². The highest BCUT2D eigenvalue weighted by Gasteiger charge is 2.33. The number of hydrogen-bond donors (Lipinski definition) is 1. The summed E-state index contributed by atoms with van der Waals surface area (Å²) >= 11 is 0. The van der Waals surface area contributed by atoms with Crippen LogP contribution in [0.2, 0.25) is 0 Å². The van der Waals surface area contributed by atoms with Crippen molar-refractivity contribution in [2.45, 2.75) is 57.5 Å². The van der Waals surface area contributed by atoms with Crippen molar-refractivity contribution in [3.8, 4) is 5.75 Å². The number of rotatable bonds is 2. The van der Waals surface area contributed by atoms with Gasteiger partial charge in [0.05, 0.1) is 0 Å². The fraction of sp³-hybridized carbons (Fsp3) is 0.625. The third-order valence-corrected chi connectivity index (χ3v) is 4.75. The SMILES string of the molecule is CCC1CCCN1C1CCCc2c(O)cccc21. The highest BCUT2D eigenvalue weighted by molar-refractivity contribution is 5.42. The zero-order valence-corrected chi connectivity index (χ0v) is 11.2. The Kier molecular flexibility index (Phi) is 3.29. The number of nitrogens with zero attached hydrogens (tertiary/aromatic N) is 1. The first-order valence-corrected chi connectivity index (χ1v) is 7.37. The van der Waals surface area contributed by atoms with Crippen LogP contribution in [0.4, 0.5) is 0 Å². The van der Waals surface area contributed by atoms with Gasteiger partial charge in [-0.2, -0.15) is 0 Å². The molecule has 2 unspecified atom stereocenters. The summed E-state index contributed by atoms with van der Waals surface area (Å²) in [6.07, 6.45) is 7.45. The lowest BCUT2D eigenvalue weighted by Gasteiger charge is -2.37. The summed E-state index contributed by atoms with van der Waals surface area (Å²) in [4.78, 5) is 2.69. The Morgan fingerprint density at radius 1 is 1.28 bits per heavy atom. The molecule has 3 rings (SSSR count). The summed E-state index contributed by atoms with van der Waals surface area (Å²) in [5, 5.41) is 10.0. The summed E-state index contributed by atoms with van der Waals surface area (Å²) in [5.41, 5.74) is 2.59. The zero-order valence-electron chi connectivity index (χ0n) is 11.2. The molecular weight excluding hydrogens is 222 g/mol. The lowest BCUT2D eigenvalue weighted by atomic mass is 9.86. The van der Waals surface area contributed by atoms with E-state index in [0.717, 1.165) is 12.5 Å². The van der Waals surface area contributed by atoms with Gasteiger partial charge in [-0.3, -0.25) is 4.90 Å². The van der Waals surface area contributed by atoms with Gasteiger partial charge in [0.1, 0.15) is 5.75 Å². The molecule has 0 saturated carbocycles. The highest BCUT2D eigenvalue weighted by atomic mass is 16.3. The van der Waals surface area contributed by atoms with Crippen LogP contribution < -0.4 is 0 Å². The topological polar surface area (TPSA) is 23.5 Å². The molecule has 1 fully saturated rings. The summed E-state index contributed by atoms with van der Waals surface area (Å²) in [7, 11) is 0. The van der Waals surface area contributed by atoms with Gasteiger partial charge in [0, 0.05) is 12.1 Å². The fourth-order valence-corrected chi connectivity index (χ4v) is 3.86. The summed E-state index contributed by atoms with van der Waals surface area (Å²) in [6.45, 7) is 3.54. The molecule has 0 amide bonds. The first-order valence-electron chi connectivity index (χ1n) is 7.37. The molecule has 1 N–H and O–H groups in total. The van der Waals surface area contributed by atoms with E-state index in [1.807, 2.05) is 12.1 Å². The van der Waals surface area contributed by atoms with Gasteiger partial charge in [0.25, 0.3) is 0 Å². The van der Waals surface area contributed by atoms with Crippen molar-refractivity contribution in [2.75, 3.05) is 6.54 Å². The molecular formula is C16H23NO. The molecule has 0 aromatic heterocycles. The molecule has 2 nitrogen and oxygen atoms in total. The summed E-state index contributed by atoms with van der Waals surface area (Å²) < 4.78 is 0. The monoisotopic (exact) mass is 245 g/mol. The van der Waals surface area contributed by atoms with Crippen LogP contribution in [0.5, 0.6) is 5.75 Å². The Balaban J connectivity index is 1.94. The van der Waals surface area contributed by atoms with Crippen molar-refractivity contribution < 1.29 is 5.11 Å². The average molecular weight is 245 g/mol. The zero-order chi connectivity index (χ0) is 12.5. The molecule has 1 saturated heterocycles. The van der Waals surface area contributed by atoms with Gasteiger partial charge < -0.3 is 5.11 Å². The van der Waals surface area contributed by atoms with Crippen LogP contribution in [0.15, 0.2) is 18.2 Å². The quantitative estimate of drug-likeness (QED) is 0.859. The second kappa shape index (κ2) is 4.93. The second-order valence-corrected chi connectivity index (χ2v) is 5.70. The molecule has 1 aliphatic heterocycles. The number of fused-ring (bicyclic) bond motifs is 1. The van der Waals surface area contributed by atoms with Crippen LogP contribution in [-0.4, -0.2) is 22.6 Å². The fourth-order valence-electron chi connectivity index (χ4n) is 3.86. The van der Waals surface area contributed by atoms with Gasteiger partial charge in [-0.25, -0.2) is 0 Å². The standard InChI is InChI=1S/C16H23NO/c1-2-12-6-5-11-17(12)15-9-3-8-14-13(15)7-4-10-16(14)18/h4,7,10,12,15,18H,2-3,5-6,8-9,11H2,1H3. The third kappa shape index (κ3) is 1.93. The molecule has 1 aromatic carbocycles. The minimum Gasteiger partial charge on any atom is -0.508 e. The van der Waals surface area contributed by atoms with Crippen molar-refractivity contribution in [2.24, 2.45) is 0 Å². The minimum atomic E-state index is 0.504. The van der Waals surface area contributed by atoms with E-state index >= 15 is 0 Å². The number of hydrogen-bond acceptors (Lipinski definition) is 2. The molecule has 1 heterocycles. The predicted octanol–water partition coefficient (Wildman–Crippen LogP) is 3.64. The highest BCUT2D eigenvalue weighted by Crippen LogP contribution is 2.41. The lowest BCUT2D eigenvalue weighted by molar-refractivity contribution is 0.158. The molecule has 2 aliphatic rings. The Labute approximate surface area is 110 Å². The lowest BCUT2D eigenvalue weighted by Crippen LogP contribution is -2.35. The largest absolute Gasteiger partial charge is 0.508 e. The summed E-state index contributed by atoms with van der Waals surface area (Å²) in [6, 6.07) is 7.37.